The van der Waals surface area contributed by atoms with Crippen molar-refractivity contribution in [1.82, 2.24) is 0 Å². The summed E-state index contributed by atoms with van der Waals surface area (Å²) in [5, 5.41) is 0. The molecule has 3 nitrogen and oxygen atoms in total. The van der Waals surface area contributed by atoms with E-state index in [0.717, 1.165) is 6.42 Å². The second kappa shape index (κ2) is 5.50. The van der Waals surface area contributed by atoms with Crippen molar-refractivity contribution in [3.63, 3.8) is 0 Å². The van der Waals surface area contributed by atoms with Gasteiger partial charge in [0.05, 0.1) is 13.0 Å². The number of carbonyl (C=O) groups excluding carboxylic acids is 1. The summed E-state index contributed by atoms with van der Waals surface area (Å²) < 4.78 is 0. The Morgan fingerprint density at radius 2 is 1.67 bits per heavy atom. The first-order chi connectivity index (χ1) is 6.70. The Morgan fingerprint density at radius 1 is 1.13 bits per heavy atom. The van der Waals surface area contributed by atoms with Gasteiger partial charge < -0.3 is 0 Å². The van der Waals surface area contributed by atoms with Crippen LogP contribution in [0.1, 0.15) is 54.4 Å². The van der Waals surface area contributed by atoms with Crippen molar-refractivity contribution in [2.45, 2.75) is 54.4 Å². The Morgan fingerprint density at radius 3 is 2.07 bits per heavy atom. The van der Waals surface area contributed by atoms with Gasteiger partial charge in [0.15, 0.2) is 0 Å². The predicted molar refractivity (Wildman–Crippen MR) is 60.2 cm³/mol. The van der Waals surface area contributed by atoms with Crippen LogP contribution < -0.4 is 0 Å². The zero-order valence-corrected chi connectivity index (χ0v) is 10.8. The highest BCUT2D eigenvalue weighted by molar-refractivity contribution is 5.69. The maximum absolute atomic E-state index is 11.4. The number of hydrogen-bond donors (Lipinski definition) is 0. The first-order valence-corrected chi connectivity index (χ1v) is 5.53. The van der Waals surface area contributed by atoms with Gasteiger partial charge >= 0.3 is 5.97 Å². The normalized spacial score (nSPS) is 12.7. The van der Waals surface area contributed by atoms with Crippen LogP contribution in [0.3, 0.4) is 0 Å². The fourth-order valence-corrected chi connectivity index (χ4v) is 0.846. The minimum Gasteiger partial charge on any atom is -0.298 e. The lowest BCUT2D eigenvalue weighted by Crippen LogP contribution is -2.32. The molecule has 0 bridgehead atoms. The molecule has 0 aliphatic rings. The molecule has 0 saturated heterocycles. The summed E-state index contributed by atoms with van der Waals surface area (Å²) in [4.78, 5) is 20.9. The van der Waals surface area contributed by atoms with Crippen LogP contribution in [-0.4, -0.2) is 12.6 Å². The van der Waals surface area contributed by atoms with E-state index in [1.54, 1.807) is 0 Å². The fourth-order valence-electron chi connectivity index (χ4n) is 0.846. The molecule has 0 rings (SSSR count). The molecule has 0 aromatic heterocycles. The lowest BCUT2D eigenvalue weighted by Gasteiger charge is -2.37. The largest absolute Gasteiger partial charge is 0.342 e. The first-order valence-electron chi connectivity index (χ1n) is 5.53. The minimum atomic E-state index is -0.289. The van der Waals surface area contributed by atoms with Crippen LogP contribution in [0.25, 0.3) is 0 Å². The average Bonchev–Trinajstić information content (AvgIpc) is 2.01. The monoisotopic (exact) mass is 216 g/mol. The molecule has 0 saturated carbocycles. The van der Waals surface area contributed by atoms with Crippen molar-refractivity contribution in [2.24, 2.45) is 10.8 Å². The molecule has 0 aromatic rings. The summed E-state index contributed by atoms with van der Waals surface area (Å²) >= 11 is 0. The summed E-state index contributed by atoms with van der Waals surface area (Å²) in [5.74, 6) is -0.289. The first kappa shape index (κ1) is 14.4. The molecular formula is C12H24O3. The quantitative estimate of drug-likeness (QED) is 0.402. The molecule has 0 aromatic carbocycles. The third-order valence-electron chi connectivity index (χ3n) is 3.06. The molecule has 0 aliphatic carbocycles. The summed E-state index contributed by atoms with van der Waals surface area (Å²) in [6.45, 7) is 12.9. The molecule has 0 fully saturated rings. The smallest absolute Gasteiger partial charge is 0.298 e. The molecule has 3 heteroatoms. The Hall–Kier alpha value is -0.570. The summed E-state index contributed by atoms with van der Waals surface area (Å²) in [6.07, 6.45) is 1.22. The molecule has 15 heavy (non-hydrogen) atoms. The highest BCUT2D eigenvalue weighted by atomic mass is 17.2. The van der Waals surface area contributed by atoms with Crippen molar-refractivity contribution in [1.29, 1.82) is 0 Å². The lowest BCUT2D eigenvalue weighted by atomic mass is 9.67. The van der Waals surface area contributed by atoms with Crippen molar-refractivity contribution in [3.05, 3.63) is 0 Å². The second-order valence-corrected chi connectivity index (χ2v) is 5.59. The van der Waals surface area contributed by atoms with E-state index in [4.69, 9.17) is 4.89 Å². The number of carbonyl (C=O) groups is 1. The van der Waals surface area contributed by atoms with Gasteiger partial charge in [-0.15, -0.1) is 0 Å². The van der Waals surface area contributed by atoms with Gasteiger partial charge in [-0.1, -0.05) is 41.5 Å². The van der Waals surface area contributed by atoms with Gasteiger partial charge in [-0.2, -0.15) is 4.89 Å². The van der Waals surface area contributed by atoms with E-state index in [1.165, 1.54) is 0 Å². The molecule has 0 radical (unpaired) electrons. The fraction of sp³-hybridized carbons (Fsp3) is 0.917. The molecule has 0 atom stereocenters. The highest BCUT2D eigenvalue weighted by Crippen LogP contribution is 2.40. The van der Waals surface area contributed by atoms with Crippen LogP contribution in [0.2, 0.25) is 0 Å². The van der Waals surface area contributed by atoms with Crippen LogP contribution in [0, 0.1) is 10.8 Å². The SMILES string of the molecule is CCCOOC(=O)CC(C)(C)C(C)(C)C. The zero-order chi connectivity index (χ0) is 12.1. The molecule has 0 unspecified atom stereocenters. The molecule has 0 spiro atoms. The zero-order valence-electron chi connectivity index (χ0n) is 10.8. The van der Waals surface area contributed by atoms with E-state index < -0.39 is 0 Å². The standard InChI is InChI=1S/C12H24O3/c1-7-8-14-15-10(13)9-12(5,6)11(2,3)4/h7-9H2,1-6H3. The van der Waals surface area contributed by atoms with E-state index in [1.807, 2.05) is 6.92 Å². The lowest BCUT2D eigenvalue weighted by molar-refractivity contribution is -0.274. The van der Waals surface area contributed by atoms with E-state index in [9.17, 15) is 4.79 Å². The Kier molecular flexibility index (Phi) is 5.29. The third-order valence-corrected chi connectivity index (χ3v) is 3.06. The Bertz CT molecular complexity index is 201. The van der Waals surface area contributed by atoms with E-state index >= 15 is 0 Å². The second-order valence-electron chi connectivity index (χ2n) is 5.59. The average molecular weight is 216 g/mol. The minimum absolute atomic E-state index is 0.0662. The van der Waals surface area contributed by atoms with E-state index in [0.29, 0.717) is 13.0 Å². The van der Waals surface area contributed by atoms with Crippen molar-refractivity contribution in [3.8, 4) is 0 Å². The maximum atomic E-state index is 11.4. The summed E-state index contributed by atoms with van der Waals surface area (Å²) in [6, 6.07) is 0. The molecule has 0 N–H and O–H groups in total. The summed E-state index contributed by atoms with van der Waals surface area (Å²) in [7, 11) is 0. The predicted octanol–water partition coefficient (Wildman–Crippen LogP) is 3.33. The van der Waals surface area contributed by atoms with Crippen molar-refractivity contribution in [2.75, 3.05) is 6.61 Å². The van der Waals surface area contributed by atoms with Gasteiger partial charge in [-0.3, -0.25) is 4.89 Å². The van der Waals surface area contributed by atoms with E-state index in [2.05, 4.69) is 39.5 Å². The van der Waals surface area contributed by atoms with Crippen LogP contribution >= 0.6 is 0 Å². The van der Waals surface area contributed by atoms with Crippen molar-refractivity contribution >= 4 is 5.97 Å². The Balaban J connectivity index is 4.06. The maximum Gasteiger partial charge on any atom is 0.342 e. The molecule has 90 valence electrons. The van der Waals surface area contributed by atoms with Gasteiger partial charge in [0, 0.05) is 0 Å². The van der Waals surface area contributed by atoms with Crippen LogP contribution in [0.15, 0.2) is 0 Å². The van der Waals surface area contributed by atoms with Gasteiger partial charge in [0.1, 0.15) is 0 Å². The van der Waals surface area contributed by atoms with Crippen LogP contribution in [-0.2, 0) is 14.6 Å². The number of rotatable bonds is 5. The topological polar surface area (TPSA) is 35.5 Å². The van der Waals surface area contributed by atoms with Crippen molar-refractivity contribution < 1.29 is 14.6 Å². The molecular weight excluding hydrogens is 192 g/mol. The number of hydrogen-bond acceptors (Lipinski definition) is 3. The third kappa shape index (κ3) is 5.17. The van der Waals surface area contributed by atoms with Gasteiger partial charge in [0.25, 0.3) is 0 Å². The molecule has 0 amide bonds. The van der Waals surface area contributed by atoms with Gasteiger partial charge in [0.2, 0.25) is 0 Å². The molecule has 0 heterocycles. The Labute approximate surface area is 93.1 Å². The van der Waals surface area contributed by atoms with Crippen LogP contribution in [0.4, 0.5) is 0 Å². The molecule has 0 aliphatic heterocycles. The van der Waals surface area contributed by atoms with Gasteiger partial charge in [-0.05, 0) is 17.3 Å². The summed E-state index contributed by atoms with van der Waals surface area (Å²) in [5.41, 5.74) is -0.0313. The van der Waals surface area contributed by atoms with Gasteiger partial charge in [-0.25, -0.2) is 4.79 Å². The van der Waals surface area contributed by atoms with E-state index in [-0.39, 0.29) is 16.8 Å². The highest BCUT2D eigenvalue weighted by Gasteiger charge is 2.35. The van der Waals surface area contributed by atoms with Crippen LogP contribution in [0.5, 0.6) is 0 Å².